The van der Waals surface area contributed by atoms with E-state index in [9.17, 15) is 0 Å². The van der Waals surface area contributed by atoms with Crippen molar-refractivity contribution >= 4 is 40.8 Å². The maximum Gasteiger partial charge on any atom is 0.191 e. The number of halogens is 1. The molecule has 0 saturated heterocycles. The highest BCUT2D eigenvalue weighted by Crippen LogP contribution is 2.14. The number of para-hydroxylation sites is 1. The highest BCUT2D eigenvalue weighted by atomic mass is 127. The zero-order valence-electron chi connectivity index (χ0n) is 15.1. The first kappa shape index (κ1) is 19.3. The zero-order chi connectivity index (χ0) is 17.1. The number of rotatable bonds is 4. The van der Waals surface area contributed by atoms with Crippen LogP contribution in [0.5, 0.6) is 0 Å². The molecule has 1 aromatic carbocycles. The molecule has 7 heteroatoms. The van der Waals surface area contributed by atoms with Crippen molar-refractivity contribution in [3.63, 3.8) is 0 Å². The van der Waals surface area contributed by atoms with Gasteiger partial charge in [-0.3, -0.25) is 9.67 Å². The summed E-state index contributed by atoms with van der Waals surface area (Å²) in [6, 6.07) is 10.4. The average Bonchev–Trinajstić information content (AvgIpc) is 3.09. The molecule has 0 bridgehead atoms. The second-order valence-corrected chi connectivity index (χ2v) is 5.93. The molecule has 2 heterocycles. The van der Waals surface area contributed by atoms with Gasteiger partial charge in [0.05, 0.1) is 12.2 Å². The molecule has 2 aromatic heterocycles. The number of guanidine groups is 1. The largest absolute Gasteiger partial charge is 0.357 e. The molecule has 3 rings (SSSR count). The number of nitrogens with one attached hydrogen (secondary N) is 3. The van der Waals surface area contributed by atoms with E-state index in [0.29, 0.717) is 13.1 Å². The fraction of sp³-hybridized carbons (Fsp3) is 0.333. The van der Waals surface area contributed by atoms with Gasteiger partial charge in [-0.2, -0.15) is 5.10 Å². The molecule has 0 atom stereocenters. The Morgan fingerprint density at radius 2 is 1.92 bits per heavy atom. The maximum absolute atomic E-state index is 4.44. The Labute approximate surface area is 165 Å². The summed E-state index contributed by atoms with van der Waals surface area (Å²) in [4.78, 5) is 7.70. The van der Waals surface area contributed by atoms with Crippen LogP contribution in [-0.4, -0.2) is 27.8 Å². The minimum Gasteiger partial charge on any atom is -0.357 e. The first-order valence-electron chi connectivity index (χ1n) is 8.08. The number of aromatic amines is 1. The Balaban J connectivity index is 0.00000225. The van der Waals surface area contributed by atoms with Gasteiger partial charge in [-0.15, -0.1) is 24.0 Å². The van der Waals surface area contributed by atoms with E-state index in [1.807, 2.05) is 30.8 Å². The first-order valence-corrected chi connectivity index (χ1v) is 8.08. The third-order valence-electron chi connectivity index (χ3n) is 4.35. The van der Waals surface area contributed by atoms with Crippen molar-refractivity contribution in [2.24, 2.45) is 12.0 Å². The summed E-state index contributed by atoms with van der Waals surface area (Å²) in [7, 11) is 3.75. The number of H-pyrrole nitrogens is 1. The quantitative estimate of drug-likeness (QED) is 0.324. The van der Waals surface area contributed by atoms with Gasteiger partial charge in [0.25, 0.3) is 0 Å². The minimum atomic E-state index is 0. The number of fused-ring (bicyclic) bond motifs is 1. The van der Waals surface area contributed by atoms with Gasteiger partial charge < -0.3 is 15.6 Å². The number of benzene rings is 1. The van der Waals surface area contributed by atoms with Crippen LogP contribution in [0.25, 0.3) is 10.9 Å². The van der Waals surface area contributed by atoms with Crippen molar-refractivity contribution in [3.05, 3.63) is 53.0 Å². The molecular weight excluding hydrogens is 427 g/mol. The predicted octanol–water partition coefficient (Wildman–Crippen LogP) is 3.00. The molecule has 3 N–H and O–H groups in total. The van der Waals surface area contributed by atoms with Crippen molar-refractivity contribution in [2.75, 3.05) is 7.05 Å². The van der Waals surface area contributed by atoms with E-state index >= 15 is 0 Å². The van der Waals surface area contributed by atoms with Crippen LogP contribution in [0.2, 0.25) is 0 Å². The molecule has 0 aliphatic rings. The van der Waals surface area contributed by atoms with Gasteiger partial charge in [0.2, 0.25) is 0 Å². The second kappa shape index (κ2) is 8.37. The van der Waals surface area contributed by atoms with Gasteiger partial charge in [-0.25, -0.2) is 0 Å². The van der Waals surface area contributed by atoms with Crippen molar-refractivity contribution in [2.45, 2.75) is 26.9 Å². The van der Waals surface area contributed by atoms with Crippen LogP contribution >= 0.6 is 24.0 Å². The Morgan fingerprint density at radius 3 is 2.56 bits per heavy atom. The summed E-state index contributed by atoms with van der Waals surface area (Å²) >= 11 is 0. The molecule has 0 aliphatic carbocycles. The topological polar surface area (TPSA) is 70.0 Å². The van der Waals surface area contributed by atoms with Crippen molar-refractivity contribution in [3.8, 4) is 0 Å². The highest BCUT2D eigenvalue weighted by molar-refractivity contribution is 14.0. The number of aryl methyl sites for hydroxylation is 2. The van der Waals surface area contributed by atoms with Gasteiger partial charge in [0.15, 0.2) is 5.96 Å². The number of nitrogens with zero attached hydrogens (tertiary/aromatic N) is 3. The highest BCUT2D eigenvalue weighted by Gasteiger charge is 2.10. The minimum absolute atomic E-state index is 0. The summed E-state index contributed by atoms with van der Waals surface area (Å²) in [5.41, 5.74) is 5.72. The Hall–Kier alpha value is -2.03. The summed E-state index contributed by atoms with van der Waals surface area (Å²) in [5, 5.41) is 12.4. The maximum atomic E-state index is 4.44. The van der Waals surface area contributed by atoms with Gasteiger partial charge in [-0.05, 0) is 31.4 Å². The standard InChI is InChI=1S/C18H24N6.HI/c1-12-16(13(2)24(4)23-12)11-21-18(19-3)20-10-15-9-14-7-5-6-8-17(14)22-15;/h5-9,22H,10-11H2,1-4H3,(H2,19,20,21);1H. The summed E-state index contributed by atoms with van der Waals surface area (Å²) < 4.78 is 1.91. The normalized spacial score (nSPS) is 11.4. The van der Waals surface area contributed by atoms with E-state index < -0.39 is 0 Å². The van der Waals surface area contributed by atoms with E-state index in [1.165, 1.54) is 16.6 Å². The van der Waals surface area contributed by atoms with Gasteiger partial charge in [-0.1, -0.05) is 18.2 Å². The van der Waals surface area contributed by atoms with Crippen LogP contribution in [0.1, 0.15) is 22.6 Å². The fourth-order valence-electron chi connectivity index (χ4n) is 2.87. The van der Waals surface area contributed by atoms with Crippen molar-refractivity contribution < 1.29 is 0 Å². The molecular formula is C18H25IN6. The van der Waals surface area contributed by atoms with E-state index in [1.54, 1.807) is 7.05 Å². The number of hydrogen-bond acceptors (Lipinski definition) is 2. The lowest BCUT2D eigenvalue weighted by atomic mass is 10.2. The van der Waals surface area contributed by atoms with Crippen LogP contribution in [0, 0.1) is 13.8 Å². The third kappa shape index (κ3) is 4.33. The molecule has 134 valence electrons. The van der Waals surface area contributed by atoms with Crippen LogP contribution in [0.3, 0.4) is 0 Å². The number of aromatic nitrogens is 3. The van der Waals surface area contributed by atoms with Crippen LogP contribution < -0.4 is 10.6 Å². The Morgan fingerprint density at radius 1 is 1.20 bits per heavy atom. The lowest BCUT2D eigenvalue weighted by molar-refractivity contribution is 0.728. The van der Waals surface area contributed by atoms with Crippen LogP contribution in [-0.2, 0) is 20.1 Å². The summed E-state index contributed by atoms with van der Waals surface area (Å²) in [6.07, 6.45) is 0. The fourth-order valence-corrected chi connectivity index (χ4v) is 2.87. The monoisotopic (exact) mass is 452 g/mol. The molecule has 0 spiro atoms. The molecule has 0 amide bonds. The van der Waals surface area contributed by atoms with E-state index in [-0.39, 0.29) is 24.0 Å². The molecule has 3 aromatic rings. The molecule has 0 saturated carbocycles. The van der Waals surface area contributed by atoms with E-state index in [2.05, 4.69) is 50.8 Å². The first-order chi connectivity index (χ1) is 11.6. The predicted molar refractivity (Wildman–Crippen MR) is 113 cm³/mol. The molecule has 0 unspecified atom stereocenters. The lowest BCUT2D eigenvalue weighted by Gasteiger charge is -2.11. The van der Waals surface area contributed by atoms with Gasteiger partial charge in [0, 0.05) is 43.1 Å². The van der Waals surface area contributed by atoms with Crippen LogP contribution in [0.4, 0.5) is 0 Å². The zero-order valence-corrected chi connectivity index (χ0v) is 17.4. The van der Waals surface area contributed by atoms with Crippen molar-refractivity contribution in [1.29, 1.82) is 0 Å². The van der Waals surface area contributed by atoms with E-state index in [0.717, 1.165) is 22.9 Å². The smallest absolute Gasteiger partial charge is 0.191 e. The van der Waals surface area contributed by atoms with Crippen LogP contribution in [0.15, 0.2) is 35.3 Å². The van der Waals surface area contributed by atoms with Gasteiger partial charge in [0.1, 0.15) is 0 Å². The third-order valence-corrected chi connectivity index (χ3v) is 4.35. The SMILES string of the molecule is CN=C(NCc1cc2ccccc2[nH]1)NCc1c(C)nn(C)c1C.I. The second-order valence-electron chi connectivity index (χ2n) is 5.93. The average molecular weight is 452 g/mol. The molecule has 25 heavy (non-hydrogen) atoms. The Kier molecular flexibility index (Phi) is 6.46. The molecule has 0 radical (unpaired) electrons. The molecule has 0 aliphatic heterocycles. The lowest BCUT2D eigenvalue weighted by Crippen LogP contribution is -2.36. The number of hydrogen-bond donors (Lipinski definition) is 3. The van der Waals surface area contributed by atoms with Gasteiger partial charge >= 0.3 is 0 Å². The molecule has 0 fully saturated rings. The Bertz CT molecular complexity index is 844. The van der Waals surface area contributed by atoms with E-state index in [4.69, 9.17) is 0 Å². The number of aliphatic imine (C=N–C) groups is 1. The summed E-state index contributed by atoms with van der Waals surface area (Å²) in [5.74, 6) is 0.774. The van der Waals surface area contributed by atoms with Crippen molar-refractivity contribution in [1.82, 2.24) is 25.4 Å². The molecule has 6 nitrogen and oxygen atoms in total. The summed E-state index contributed by atoms with van der Waals surface area (Å²) in [6.45, 7) is 5.51.